The fourth-order valence-electron chi connectivity index (χ4n) is 4.18. The maximum atomic E-state index is 13.7. The summed E-state index contributed by atoms with van der Waals surface area (Å²) >= 11 is 0. The summed E-state index contributed by atoms with van der Waals surface area (Å²) in [4.78, 5) is 29.6. The van der Waals surface area contributed by atoms with Crippen LogP contribution in [-0.4, -0.2) is 47.3 Å². The minimum Gasteiger partial charge on any atom is -0.454 e. The second-order valence-corrected chi connectivity index (χ2v) is 9.46. The van der Waals surface area contributed by atoms with Crippen molar-refractivity contribution >= 4 is 34.1 Å². The van der Waals surface area contributed by atoms with Crippen molar-refractivity contribution < 1.29 is 49.8 Å². The largest absolute Gasteiger partial charge is 0.460 e. The topological polar surface area (TPSA) is 102 Å². The molecule has 0 atom stereocenters. The van der Waals surface area contributed by atoms with Gasteiger partial charge in [-0.15, -0.1) is 0 Å². The van der Waals surface area contributed by atoms with Crippen molar-refractivity contribution in [1.82, 2.24) is 10.4 Å². The number of aromatic nitrogens is 1. The summed E-state index contributed by atoms with van der Waals surface area (Å²) in [7, 11) is 0. The van der Waals surface area contributed by atoms with E-state index in [9.17, 15) is 40.3 Å². The van der Waals surface area contributed by atoms with Crippen LogP contribution >= 0.6 is 0 Å². The molecule has 0 bridgehead atoms. The van der Waals surface area contributed by atoms with Gasteiger partial charge in [-0.3, -0.25) is 9.59 Å². The number of amides is 2. The number of ether oxygens (including phenoxy) is 2. The maximum absolute atomic E-state index is 13.7. The summed E-state index contributed by atoms with van der Waals surface area (Å²) in [5.41, 5.74) is 3.86. The molecule has 2 N–H and O–H groups in total. The molecule has 0 fully saturated rings. The number of fused-ring (bicyclic) bond motifs is 2. The number of hydrogen-bond donors (Lipinski definition) is 2. The van der Waals surface area contributed by atoms with Crippen LogP contribution in [0.15, 0.2) is 77.9 Å². The van der Waals surface area contributed by atoms with Crippen LogP contribution in [0, 0.1) is 0 Å². The van der Waals surface area contributed by atoms with E-state index in [2.05, 4.69) is 15.5 Å². The average Bonchev–Trinajstić information content (AvgIpc) is 3.46. The van der Waals surface area contributed by atoms with Crippen LogP contribution in [0.25, 0.3) is 22.2 Å². The molecule has 4 aromatic rings. The van der Waals surface area contributed by atoms with Crippen molar-refractivity contribution in [1.29, 1.82) is 0 Å². The highest BCUT2D eigenvalue weighted by atomic mass is 19.4. The normalized spacial score (nSPS) is 13.6. The first kappa shape index (κ1) is 30.3. The number of nitrogens with zero attached hydrogens (tertiary/aromatic N) is 2. The van der Waals surface area contributed by atoms with E-state index in [0.717, 1.165) is 12.1 Å². The molecule has 8 nitrogen and oxygen atoms in total. The zero-order valence-corrected chi connectivity index (χ0v) is 22.3. The summed E-state index contributed by atoms with van der Waals surface area (Å²) in [6, 6.07) is 18.2. The first-order chi connectivity index (χ1) is 20.7. The lowest BCUT2D eigenvalue weighted by Crippen LogP contribution is -2.57. The lowest BCUT2D eigenvalue weighted by molar-refractivity contribution is -0.343. The average molecular weight is 620 g/mol. The number of para-hydroxylation sites is 1. The van der Waals surface area contributed by atoms with Crippen molar-refractivity contribution in [3.63, 3.8) is 0 Å². The zero-order valence-electron chi connectivity index (χ0n) is 22.3. The van der Waals surface area contributed by atoms with E-state index in [4.69, 9.17) is 9.47 Å². The number of halogens is 7. The van der Waals surface area contributed by atoms with Gasteiger partial charge in [-0.25, -0.2) is 10.4 Å². The fraction of sp³-hybridized carbons (Fsp3) is 0.172. The minimum absolute atomic E-state index is 0.0741. The Labute approximate surface area is 243 Å². The number of hydrazone groups is 1. The predicted octanol–water partition coefficient (Wildman–Crippen LogP) is 6.56. The zero-order chi connectivity index (χ0) is 31.9. The molecule has 2 heterocycles. The van der Waals surface area contributed by atoms with Gasteiger partial charge in [-0.2, -0.15) is 35.8 Å². The summed E-state index contributed by atoms with van der Waals surface area (Å²) in [6.45, 7) is 1.47. The highest BCUT2D eigenvalue weighted by molar-refractivity contribution is 6.08. The van der Waals surface area contributed by atoms with Crippen molar-refractivity contribution in [3.8, 4) is 22.8 Å². The first-order valence-electron chi connectivity index (χ1n) is 12.6. The molecule has 0 unspecified atom stereocenters. The third-order valence-electron chi connectivity index (χ3n) is 6.53. The minimum atomic E-state index is -6.66. The van der Waals surface area contributed by atoms with Crippen LogP contribution in [-0.2, 0) is 4.79 Å². The Morgan fingerprint density at radius 1 is 0.864 bits per heavy atom. The van der Waals surface area contributed by atoms with Crippen LogP contribution in [0.1, 0.15) is 22.8 Å². The van der Waals surface area contributed by atoms with Gasteiger partial charge in [-0.05, 0) is 55.0 Å². The van der Waals surface area contributed by atoms with Gasteiger partial charge in [0.05, 0.1) is 22.5 Å². The molecule has 1 aliphatic rings. The third-order valence-corrected chi connectivity index (χ3v) is 6.53. The SMILES string of the molecule is C/C(=N\NC(=O)c1cc(-c2ccc3c(c2)OCO3)nc2ccccc12)c1cccc(NC(=O)C(F)(F)C(F)(F)C(F)(F)F)c1. The molecule has 0 spiro atoms. The molecular weight excluding hydrogens is 601 g/mol. The molecule has 228 valence electrons. The molecule has 0 aliphatic carbocycles. The standard InChI is InChI=1S/C29H19F7N4O4/c1-15(16-5-4-6-18(11-16)37-26(42)27(30,31)28(32,33)29(34,35)36)39-40-25(41)20-13-22(38-21-8-3-2-7-19(20)21)17-9-10-23-24(12-17)44-14-43-23/h2-13H,14H2,1H3,(H,37,42)(H,40,41)/b39-15+. The molecule has 44 heavy (non-hydrogen) atoms. The Morgan fingerprint density at radius 2 is 1.59 bits per heavy atom. The second-order valence-electron chi connectivity index (χ2n) is 9.46. The van der Waals surface area contributed by atoms with Crippen molar-refractivity contribution in [2.24, 2.45) is 5.10 Å². The predicted molar refractivity (Wildman–Crippen MR) is 144 cm³/mol. The highest BCUT2D eigenvalue weighted by Crippen LogP contribution is 2.47. The molecule has 5 rings (SSSR count). The molecule has 0 saturated carbocycles. The quantitative estimate of drug-likeness (QED) is 0.139. The number of benzene rings is 3. The van der Waals surface area contributed by atoms with Crippen LogP contribution in [0.5, 0.6) is 11.5 Å². The first-order valence-corrected chi connectivity index (χ1v) is 12.6. The van der Waals surface area contributed by atoms with Gasteiger partial charge < -0.3 is 14.8 Å². The summed E-state index contributed by atoms with van der Waals surface area (Å²) in [5.74, 6) is -15.1. The molecular formula is C29H19F7N4O4. The maximum Gasteiger partial charge on any atom is 0.460 e. The Balaban J connectivity index is 1.37. The van der Waals surface area contributed by atoms with Gasteiger partial charge in [0, 0.05) is 16.6 Å². The van der Waals surface area contributed by atoms with Crippen LogP contribution < -0.4 is 20.2 Å². The monoisotopic (exact) mass is 620 g/mol. The number of carbonyl (C=O) groups excluding carboxylic acids is 2. The Kier molecular flexibility index (Phi) is 7.65. The van der Waals surface area contributed by atoms with Crippen LogP contribution in [0.3, 0.4) is 0 Å². The van der Waals surface area contributed by atoms with Gasteiger partial charge in [0.25, 0.3) is 5.91 Å². The molecule has 0 radical (unpaired) electrons. The Hall–Kier alpha value is -5.21. The van der Waals surface area contributed by atoms with E-state index in [1.807, 2.05) is 0 Å². The van der Waals surface area contributed by atoms with Crippen molar-refractivity contribution in [2.45, 2.75) is 24.9 Å². The highest BCUT2D eigenvalue weighted by Gasteiger charge is 2.76. The van der Waals surface area contributed by atoms with Gasteiger partial charge in [0.2, 0.25) is 6.79 Å². The van der Waals surface area contributed by atoms with Crippen molar-refractivity contribution in [2.75, 3.05) is 12.1 Å². The van der Waals surface area contributed by atoms with Gasteiger partial charge in [0.15, 0.2) is 11.5 Å². The molecule has 0 saturated heterocycles. The Morgan fingerprint density at radius 3 is 2.34 bits per heavy atom. The van der Waals surface area contributed by atoms with Crippen LogP contribution in [0.4, 0.5) is 36.4 Å². The summed E-state index contributed by atoms with van der Waals surface area (Å²) < 4.78 is 102. The lowest BCUT2D eigenvalue weighted by Gasteiger charge is -2.27. The molecule has 15 heteroatoms. The van der Waals surface area contributed by atoms with Gasteiger partial charge in [-0.1, -0.05) is 30.3 Å². The van der Waals surface area contributed by atoms with Crippen LogP contribution in [0.2, 0.25) is 0 Å². The summed E-state index contributed by atoms with van der Waals surface area (Å²) in [5, 5.41) is 5.87. The van der Waals surface area contributed by atoms with E-state index in [1.165, 1.54) is 24.4 Å². The molecule has 1 aromatic heterocycles. The van der Waals surface area contributed by atoms with E-state index in [0.29, 0.717) is 33.7 Å². The number of pyridine rings is 1. The number of alkyl halides is 7. The second kappa shape index (κ2) is 11.1. The molecule has 3 aromatic carbocycles. The number of nitrogens with one attached hydrogen (secondary N) is 2. The molecule has 1 aliphatic heterocycles. The number of rotatable bonds is 7. The van der Waals surface area contributed by atoms with Gasteiger partial charge >= 0.3 is 23.9 Å². The van der Waals surface area contributed by atoms with E-state index in [1.54, 1.807) is 48.5 Å². The summed E-state index contributed by atoms with van der Waals surface area (Å²) in [6.07, 6.45) is -6.66. The number of hydrogen-bond acceptors (Lipinski definition) is 6. The smallest absolute Gasteiger partial charge is 0.454 e. The molecule has 2 amide bonds. The number of anilines is 1. The van der Waals surface area contributed by atoms with Gasteiger partial charge in [0.1, 0.15) is 0 Å². The number of carbonyl (C=O) groups is 2. The fourth-order valence-corrected chi connectivity index (χ4v) is 4.18. The third kappa shape index (κ3) is 5.59. The van der Waals surface area contributed by atoms with E-state index >= 15 is 0 Å². The van der Waals surface area contributed by atoms with E-state index in [-0.39, 0.29) is 23.6 Å². The van der Waals surface area contributed by atoms with Crippen molar-refractivity contribution in [3.05, 3.63) is 83.9 Å². The lowest BCUT2D eigenvalue weighted by atomic mass is 10.0. The Bertz CT molecular complexity index is 1810. The van der Waals surface area contributed by atoms with E-state index < -0.39 is 35.5 Å².